The molecule has 5 nitrogen and oxygen atoms in total. The van der Waals surface area contributed by atoms with Crippen molar-refractivity contribution in [1.29, 1.82) is 0 Å². The van der Waals surface area contributed by atoms with Crippen LogP contribution in [0.15, 0.2) is 24.3 Å². The highest BCUT2D eigenvalue weighted by atomic mass is 16.4. The lowest BCUT2D eigenvalue weighted by atomic mass is 10.0. The number of aromatic nitrogens is 2. The Morgan fingerprint density at radius 3 is 2.58 bits per heavy atom. The third-order valence-electron chi connectivity index (χ3n) is 3.11. The number of aliphatic hydroxyl groups is 1. The average molecular weight is 260 g/mol. The van der Waals surface area contributed by atoms with Gasteiger partial charge in [0.15, 0.2) is 0 Å². The molecule has 2 rings (SSSR count). The molecule has 0 fully saturated rings. The molecule has 100 valence electrons. The van der Waals surface area contributed by atoms with Crippen molar-refractivity contribution >= 4 is 5.97 Å². The number of aryl methyl sites for hydroxylation is 2. The van der Waals surface area contributed by atoms with Gasteiger partial charge in [-0.25, -0.2) is 4.79 Å². The van der Waals surface area contributed by atoms with Crippen LogP contribution < -0.4 is 0 Å². The summed E-state index contributed by atoms with van der Waals surface area (Å²) in [6.07, 6.45) is 0. The summed E-state index contributed by atoms with van der Waals surface area (Å²) in [4.78, 5) is 11.1. The van der Waals surface area contributed by atoms with Gasteiger partial charge in [0.05, 0.1) is 18.8 Å². The second-order valence-corrected chi connectivity index (χ2v) is 4.47. The number of carboxylic acids is 1. The predicted molar refractivity (Wildman–Crippen MR) is 71.2 cm³/mol. The molecule has 0 aliphatic rings. The van der Waals surface area contributed by atoms with Crippen LogP contribution in [-0.4, -0.2) is 32.6 Å². The first-order valence-corrected chi connectivity index (χ1v) is 6.02. The maximum Gasteiger partial charge on any atom is 0.354 e. The van der Waals surface area contributed by atoms with Crippen LogP contribution in [0.5, 0.6) is 0 Å². The fourth-order valence-corrected chi connectivity index (χ4v) is 1.90. The van der Waals surface area contributed by atoms with Gasteiger partial charge < -0.3 is 10.2 Å². The van der Waals surface area contributed by atoms with Crippen molar-refractivity contribution in [3.8, 4) is 11.3 Å². The molecular weight excluding hydrogens is 244 g/mol. The summed E-state index contributed by atoms with van der Waals surface area (Å²) in [6.45, 7) is 4.05. The summed E-state index contributed by atoms with van der Waals surface area (Å²) in [5.74, 6) is -1.05. The lowest BCUT2D eigenvalue weighted by Crippen LogP contribution is -2.12. The van der Waals surface area contributed by atoms with E-state index in [1.165, 1.54) is 16.3 Å². The molecule has 1 aromatic heterocycles. The van der Waals surface area contributed by atoms with Gasteiger partial charge in [-0.05, 0) is 37.1 Å². The lowest BCUT2D eigenvalue weighted by Gasteiger charge is -2.02. The molecule has 2 aromatic rings. The van der Waals surface area contributed by atoms with Crippen molar-refractivity contribution in [2.75, 3.05) is 6.61 Å². The molecule has 1 heterocycles. The third kappa shape index (κ3) is 2.66. The van der Waals surface area contributed by atoms with Gasteiger partial charge in [-0.1, -0.05) is 12.1 Å². The standard InChI is InChI=1S/C14H16N2O3/c1-9-3-4-11(7-10(9)2)12-8-13(14(18)19)16(15-12)5-6-17/h3-4,7-8,17H,5-6H2,1-2H3,(H,18,19). The highest BCUT2D eigenvalue weighted by molar-refractivity contribution is 5.87. The van der Waals surface area contributed by atoms with Gasteiger partial charge in [0.25, 0.3) is 0 Å². The summed E-state index contributed by atoms with van der Waals surface area (Å²) in [6, 6.07) is 7.41. The number of hydrogen-bond donors (Lipinski definition) is 2. The van der Waals surface area contributed by atoms with Crippen molar-refractivity contribution in [3.63, 3.8) is 0 Å². The van der Waals surface area contributed by atoms with E-state index in [0.29, 0.717) is 5.69 Å². The molecule has 0 aliphatic carbocycles. The van der Waals surface area contributed by atoms with Crippen LogP contribution in [-0.2, 0) is 6.54 Å². The van der Waals surface area contributed by atoms with Gasteiger partial charge in [0.2, 0.25) is 0 Å². The molecule has 19 heavy (non-hydrogen) atoms. The molecule has 0 saturated heterocycles. The van der Waals surface area contributed by atoms with Crippen LogP contribution >= 0.6 is 0 Å². The molecule has 5 heteroatoms. The number of benzene rings is 1. The Bertz CT molecular complexity index is 617. The Kier molecular flexibility index (Phi) is 3.66. The number of nitrogens with zero attached hydrogens (tertiary/aromatic N) is 2. The molecule has 0 unspecified atom stereocenters. The van der Waals surface area contributed by atoms with Crippen molar-refractivity contribution in [3.05, 3.63) is 41.1 Å². The summed E-state index contributed by atoms with van der Waals surface area (Å²) in [7, 11) is 0. The van der Waals surface area contributed by atoms with Crippen molar-refractivity contribution < 1.29 is 15.0 Å². The monoisotopic (exact) mass is 260 g/mol. The normalized spacial score (nSPS) is 10.7. The predicted octanol–water partition coefficient (Wildman–Crippen LogP) is 1.86. The smallest absolute Gasteiger partial charge is 0.354 e. The number of aliphatic hydroxyl groups excluding tert-OH is 1. The third-order valence-corrected chi connectivity index (χ3v) is 3.11. The van der Waals surface area contributed by atoms with E-state index < -0.39 is 5.97 Å². The van der Waals surface area contributed by atoms with E-state index >= 15 is 0 Å². The zero-order chi connectivity index (χ0) is 14.0. The number of carboxylic acid groups (broad SMARTS) is 1. The average Bonchev–Trinajstić information content (AvgIpc) is 2.77. The van der Waals surface area contributed by atoms with Crippen molar-refractivity contribution in [1.82, 2.24) is 9.78 Å². The quantitative estimate of drug-likeness (QED) is 0.879. The van der Waals surface area contributed by atoms with Crippen LogP contribution in [0.1, 0.15) is 21.6 Å². The Balaban J connectivity index is 2.47. The van der Waals surface area contributed by atoms with Gasteiger partial charge in [0.1, 0.15) is 5.69 Å². The molecule has 0 radical (unpaired) electrons. The first-order chi connectivity index (χ1) is 9.02. The summed E-state index contributed by atoms with van der Waals surface area (Å²) >= 11 is 0. The minimum absolute atomic E-state index is 0.0854. The number of aromatic carboxylic acids is 1. The molecule has 1 aromatic carbocycles. The van der Waals surface area contributed by atoms with Gasteiger partial charge in [-0.2, -0.15) is 5.10 Å². The number of carbonyl (C=O) groups is 1. The fourth-order valence-electron chi connectivity index (χ4n) is 1.90. The van der Waals surface area contributed by atoms with Crippen LogP contribution in [0, 0.1) is 13.8 Å². The van der Waals surface area contributed by atoms with E-state index in [2.05, 4.69) is 5.10 Å². The minimum Gasteiger partial charge on any atom is -0.477 e. The molecule has 0 bridgehead atoms. The summed E-state index contributed by atoms with van der Waals surface area (Å²) < 4.78 is 1.31. The van der Waals surface area contributed by atoms with Gasteiger partial charge in [-0.3, -0.25) is 4.68 Å². The number of hydrogen-bond acceptors (Lipinski definition) is 3. The molecule has 2 N–H and O–H groups in total. The SMILES string of the molecule is Cc1ccc(-c2cc(C(=O)O)n(CCO)n2)cc1C. The van der Waals surface area contributed by atoms with Gasteiger partial charge in [-0.15, -0.1) is 0 Å². The van der Waals surface area contributed by atoms with Crippen LogP contribution in [0.3, 0.4) is 0 Å². The Hall–Kier alpha value is -2.14. The van der Waals surface area contributed by atoms with E-state index in [1.54, 1.807) is 0 Å². The Labute approximate surface area is 111 Å². The van der Waals surface area contributed by atoms with Gasteiger partial charge >= 0.3 is 5.97 Å². The summed E-state index contributed by atoms with van der Waals surface area (Å²) in [5, 5.41) is 22.3. The second-order valence-electron chi connectivity index (χ2n) is 4.47. The molecule has 0 saturated carbocycles. The lowest BCUT2D eigenvalue weighted by molar-refractivity contribution is 0.0681. The first kappa shape index (κ1) is 13.3. The molecular formula is C14H16N2O3. The number of rotatable bonds is 4. The molecule has 0 atom stereocenters. The maximum atomic E-state index is 11.1. The Morgan fingerprint density at radius 2 is 2.00 bits per heavy atom. The van der Waals surface area contributed by atoms with Crippen molar-refractivity contribution in [2.24, 2.45) is 0 Å². The van der Waals surface area contributed by atoms with E-state index in [9.17, 15) is 4.79 Å². The Morgan fingerprint density at radius 1 is 1.26 bits per heavy atom. The molecule has 0 amide bonds. The summed E-state index contributed by atoms with van der Waals surface area (Å²) in [5.41, 5.74) is 3.88. The fraction of sp³-hybridized carbons (Fsp3) is 0.286. The van der Waals surface area contributed by atoms with Crippen LogP contribution in [0.4, 0.5) is 0 Å². The zero-order valence-electron chi connectivity index (χ0n) is 10.9. The van der Waals surface area contributed by atoms with Crippen molar-refractivity contribution in [2.45, 2.75) is 20.4 Å². The zero-order valence-corrected chi connectivity index (χ0v) is 10.9. The van der Waals surface area contributed by atoms with E-state index in [4.69, 9.17) is 10.2 Å². The maximum absolute atomic E-state index is 11.1. The topological polar surface area (TPSA) is 75.3 Å². The van der Waals surface area contributed by atoms with Crippen LogP contribution in [0.2, 0.25) is 0 Å². The highest BCUT2D eigenvalue weighted by Crippen LogP contribution is 2.22. The second kappa shape index (κ2) is 5.24. The van der Waals surface area contributed by atoms with Gasteiger partial charge in [0, 0.05) is 5.56 Å². The highest BCUT2D eigenvalue weighted by Gasteiger charge is 2.15. The van der Waals surface area contributed by atoms with E-state index in [1.807, 2.05) is 32.0 Å². The van der Waals surface area contributed by atoms with E-state index in [-0.39, 0.29) is 18.8 Å². The van der Waals surface area contributed by atoms with E-state index in [0.717, 1.165) is 11.1 Å². The first-order valence-electron chi connectivity index (χ1n) is 6.02. The molecule has 0 aliphatic heterocycles. The minimum atomic E-state index is -1.05. The van der Waals surface area contributed by atoms with Crippen LogP contribution in [0.25, 0.3) is 11.3 Å². The largest absolute Gasteiger partial charge is 0.477 e. The molecule has 0 spiro atoms.